The molecular formula is C14H22N4OS. The molecule has 1 atom stereocenters. The minimum atomic E-state index is -0.181. The molecule has 0 aliphatic rings. The van der Waals surface area contributed by atoms with Crippen LogP contribution in [-0.4, -0.2) is 46.5 Å². The van der Waals surface area contributed by atoms with Gasteiger partial charge in [0.25, 0.3) is 5.91 Å². The summed E-state index contributed by atoms with van der Waals surface area (Å²) in [4.78, 5) is 18.7. The molecular weight excluding hydrogens is 272 g/mol. The number of pyridine rings is 1. The van der Waals surface area contributed by atoms with E-state index < -0.39 is 0 Å². The number of rotatable bonds is 7. The third kappa shape index (κ3) is 4.86. The molecule has 0 bridgehead atoms. The second-order valence-electron chi connectivity index (χ2n) is 4.66. The van der Waals surface area contributed by atoms with Gasteiger partial charge >= 0.3 is 0 Å². The van der Waals surface area contributed by atoms with E-state index >= 15 is 0 Å². The van der Waals surface area contributed by atoms with Crippen molar-refractivity contribution in [1.29, 1.82) is 0 Å². The third-order valence-corrected chi connectivity index (χ3v) is 3.32. The van der Waals surface area contributed by atoms with Crippen LogP contribution in [0.15, 0.2) is 18.3 Å². The van der Waals surface area contributed by atoms with Gasteiger partial charge in [0.05, 0.1) is 0 Å². The molecule has 1 unspecified atom stereocenters. The molecule has 110 valence electrons. The molecule has 0 saturated carbocycles. The summed E-state index contributed by atoms with van der Waals surface area (Å²) in [5, 5.41) is 2.94. The maximum absolute atomic E-state index is 12.0. The summed E-state index contributed by atoms with van der Waals surface area (Å²) >= 11 is 4.85. The largest absolute Gasteiger partial charge is 0.389 e. The lowest BCUT2D eigenvalue weighted by Crippen LogP contribution is -2.42. The van der Waals surface area contributed by atoms with Gasteiger partial charge in [-0.15, -0.1) is 0 Å². The molecule has 1 rings (SSSR count). The average Bonchev–Trinajstić information content (AvgIpc) is 2.44. The lowest BCUT2D eigenvalue weighted by Gasteiger charge is -2.23. The predicted molar refractivity (Wildman–Crippen MR) is 84.8 cm³/mol. The van der Waals surface area contributed by atoms with Gasteiger partial charge in [-0.3, -0.25) is 9.78 Å². The Bertz CT molecular complexity index is 457. The van der Waals surface area contributed by atoms with E-state index in [0.717, 1.165) is 19.6 Å². The molecule has 3 N–H and O–H groups in total. The first-order chi connectivity index (χ1) is 9.47. The zero-order chi connectivity index (χ0) is 15.1. The Hall–Kier alpha value is -1.53. The molecule has 6 heteroatoms. The van der Waals surface area contributed by atoms with Crippen molar-refractivity contribution in [2.45, 2.75) is 26.8 Å². The van der Waals surface area contributed by atoms with E-state index in [1.807, 2.05) is 6.92 Å². The molecule has 0 aliphatic carbocycles. The van der Waals surface area contributed by atoms with Crippen molar-refractivity contribution in [2.24, 2.45) is 5.73 Å². The van der Waals surface area contributed by atoms with Gasteiger partial charge in [0.2, 0.25) is 0 Å². The smallest absolute Gasteiger partial charge is 0.270 e. The number of hydrogen-bond donors (Lipinski definition) is 2. The van der Waals surface area contributed by atoms with Crippen molar-refractivity contribution in [2.75, 3.05) is 19.6 Å². The number of nitrogens with zero attached hydrogens (tertiary/aromatic N) is 2. The van der Waals surface area contributed by atoms with Crippen LogP contribution in [0.4, 0.5) is 0 Å². The van der Waals surface area contributed by atoms with Gasteiger partial charge in [0, 0.05) is 24.3 Å². The van der Waals surface area contributed by atoms with Crippen LogP contribution >= 0.6 is 12.2 Å². The predicted octanol–water partition coefficient (Wildman–Crippen LogP) is 1.18. The maximum Gasteiger partial charge on any atom is 0.270 e. The minimum absolute atomic E-state index is 0.0689. The molecule has 20 heavy (non-hydrogen) atoms. The number of likely N-dealkylation sites (N-methyl/N-ethyl adjacent to an activating group) is 1. The van der Waals surface area contributed by atoms with E-state index in [1.54, 1.807) is 12.1 Å². The Morgan fingerprint density at radius 1 is 1.45 bits per heavy atom. The quantitative estimate of drug-likeness (QED) is 0.739. The van der Waals surface area contributed by atoms with E-state index in [0.29, 0.717) is 11.3 Å². The third-order valence-electron chi connectivity index (χ3n) is 3.08. The number of carbonyl (C=O) groups excluding carboxylic acids is 1. The van der Waals surface area contributed by atoms with Crippen LogP contribution in [0.5, 0.6) is 0 Å². The zero-order valence-corrected chi connectivity index (χ0v) is 13.0. The SMILES string of the molecule is CCN(CC)CC(C)NC(=O)c1ccc(C(N)=S)cn1. The van der Waals surface area contributed by atoms with Gasteiger partial charge in [-0.2, -0.15) is 0 Å². The summed E-state index contributed by atoms with van der Waals surface area (Å²) in [5.41, 5.74) is 6.52. The van der Waals surface area contributed by atoms with Gasteiger partial charge < -0.3 is 16.0 Å². The van der Waals surface area contributed by atoms with Crippen molar-refractivity contribution < 1.29 is 4.79 Å². The summed E-state index contributed by atoms with van der Waals surface area (Å²) in [7, 11) is 0. The molecule has 1 heterocycles. The zero-order valence-electron chi connectivity index (χ0n) is 12.2. The number of aromatic nitrogens is 1. The Morgan fingerprint density at radius 2 is 2.10 bits per heavy atom. The van der Waals surface area contributed by atoms with Crippen molar-refractivity contribution in [3.05, 3.63) is 29.6 Å². The summed E-state index contributed by atoms with van der Waals surface area (Å²) in [6.07, 6.45) is 1.52. The van der Waals surface area contributed by atoms with Crippen LogP contribution in [0.1, 0.15) is 36.8 Å². The van der Waals surface area contributed by atoms with Crippen molar-refractivity contribution in [3.63, 3.8) is 0 Å². The van der Waals surface area contributed by atoms with Crippen LogP contribution in [-0.2, 0) is 0 Å². The lowest BCUT2D eigenvalue weighted by molar-refractivity contribution is 0.0925. The highest BCUT2D eigenvalue weighted by molar-refractivity contribution is 7.80. The molecule has 1 aromatic rings. The number of nitrogens with two attached hydrogens (primary N) is 1. The number of thiocarbonyl (C=S) groups is 1. The van der Waals surface area contributed by atoms with Gasteiger partial charge in [0.1, 0.15) is 10.7 Å². The molecule has 0 aromatic carbocycles. The normalized spacial score (nSPS) is 12.2. The highest BCUT2D eigenvalue weighted by atomic mass is 32.1. The van der Waals surface area contributed by atoms with Crippen molar-refractivity contribution >= 4 is 23.1 Å². The fourth-order valence-corrected chi connectivity index (χ4v) is 2.01. The Morgan fingerprint density at radius 3 is 2.55 bits per heavy atom. The highest BCUT2D eigenvalue weighted by Crippen LogP contribution is 2.01. The fraction of sp³-hybridized carbons (Fsp3) is 0.500. The minimum Gasteiger partial charge on any atom is -0.389 e. The topological polar surface area (TPSA) is 71.2 Å². The van der Waals surface area contributed by atoms with Crippen LogP contribution in [0.25, 0.3) is 0 Å². The number of amides is 1. The van der Waals surface area contributed by atoms with Gasteiger partial charge in [-0.1, -0.05) is 26.1 Å². The standard InChI is InChI=1S/C14H22N4OS/c1-4-18(5-2)9-10(3)17-14(19)12-7-6-11(8-16-12)13(15)20/h6-8,10H,4-5,9H2,1-3H3,(H2,15,20)(H,17,19). The van der Waals surface area contributed by atoms with Crippen LogP contribution < -0.4 is 11.1 Å². The number of nitrogens with one attached hydrogen (secondary N) is 1. The van der Waals surface area contributed by atoms with Crippen molar-refractivity contribution in [1.82, 2.24) is 15.2 Å². The molecule has 0 radical (unpaired) electrons. The molecule has 0 aliphatic heterocycles. The van der Waals surface area contributed by atoms with E-state index in [1.165, 1.54) is 6.20 Å². The second-order valence-corrected chi connectivity index (χ2v) is 5.10. The van der Waals surface area contributed by atoms with E-state index in [2.05, 4.69) is 29.0 Å². The average molecular weight is 294 g/mol. The Balaban J connectivity index is 2.59. The number of carbonyl (C=O) groups is 1. The van der Waals surface area contributed by atoms with Crippen molar-refractivity contribution in [3.8, 4) is 0 Å². The lowest BCUT2D eigenvalue weighted by atomic mass is 10.2. The summed E-state index contributed by atoms with van der Waals surface area (Å²) < 4.78 is 0. The fourth-order valence-electron chi connectivity index (χ4n) is 1.89. The van der Waals surface area contributed by atoms with E-state index in [-0.39, 0.29) is 16.9 Å². The molecule has 1 amide bonds. The molecule has 1 aromatic heterocycles. The Kier molecular flexibility index (Phi) is 6.54. The molecule has 0 fully saturated rings. The van der Waals surface area contributed by atoms with Gasteiger partial charge in [-0.05, 0) is 32.1 Å². The summed E-state index contributed by atoms with van der Waals surface area (Å²) in [6.45, 7) is 8.96. The first kappa shape index (κ1) is 16.5. The van der Waals surface area contributed by atoms with Crippen LogP contribution in [0.2, 0.25) is 0 Å². The summed E-state index contributed by atoms with van der Waals surface area (Å²) in [5.74, 6) is -0.181. The molecule has 0 spiro atoms. The maximum atomic E-state index is 12.0. The van der Waals surface area contributed by atoms with Gasteiger partial charge in [0.15, 0.2) is 0 Å². The highest BCUT2D eigenvalue weighted by Gasteiger charge is 2.13. The Labute approximate surface area is 125 Å². The van der Waals surface area contributed by atoms with Gasteiger partial charge in [-0.25, -0.2) is 0 Å². The second kappa shape index (κ2) is 7.91. The first-order valence-corrected chi connectivity index (χ1v) is 7.17. The summed E-state index contributed by atoms with van der Waals surface area (Å²) in [6, 6.07) is 3.41. The van der Waals surface area contributed by atoms with E-state index in [4.69, 9.17) is 18.0 Å². The van der Waals surface area contributed by atoms with E-state index in [9.17, 15) is 4.79 Å². The molecule has 5 nitrogen and oxygen atoms in total. The monoisotopic (exact) mass is 294 g/mol. The number of hydrogen-bond acceptors (Lipinski definition) is 4. The van der Waals surface area contributed by atoms with Crippen LogP contribution in [0.3, 0.4) is 0 Å². The first-order valence-electron chi connectivity index (χ1n) is 6.77. The van der Waals surface area contributed by atoms with Crippen LogP contribution in [0, 0.1) is 0 Å². The molecule has 0 saturated heterocycles.